The molecule has 1 amide bonds. The molecule has 1 aromatic rings. The average Bonchev–Trinajstić information content (AvgIpc) is 1.77. The lowest BCUT2D eigenvalue weighted by Crippen LogP contribution is -2.78. The van der Waals surface area contributed by atoms with Crippen molar-refractivity contribution in [1.82, 2.24) is 0 Å². The Labute approximate surface area is 486 Å². The summed E-state index contributed by atoms with van der Waals surface area (Å²) in [6.45, 7) is 15.1. The third-order valence-electron chi connectivity index (χ3n) is 20.4. The minimum atomic E-state index is -2.01. The number of amides is 1. The number of methoxy groups -OCH3 is 4. The average molecular weight is 1180 g/mol. The first-order valence-electron chi connectivity index (χ1n) is 29.5. The number of anilines is 1. The molecular weight excluding hydrogens is 1090 g/mol. The minimum Gasteiger partial charge on any atom is -0.462 e. The molecule has 0 spiro atoms. The number of hydrogen-bond acceptors (Lipinski definition) is 22. The van der Waals surface area contributed by atoms with E-state index in [2.05, 4.69) is 12.2 Å². The first-order valence-corrected chi connectivity index (χ1v) is 29.5. The summed E-state index contributed by atoms with van der Waals surface area (Å²) in [4.78, 5) is 38.7. The molecule has 23 heteroatoms. The summed E-state index contributed by atoms with van der Waals surface area (Å²) in [6.07, 6.45) is -9.68. The van der Waals surface area contributed by atoms with Gasteiger partial charge in [0.2, 0.25) is 5.91 Å². The number of carbonyl (C=O) groups is 3. The normalized spacial score (nSPS) is 46.6. The van der Waals surface area contributed by atoms with Crippen molar-refractivity contribution in [2.45, 2.75) is 266 Å². The van der Waals surface area contributed by atoms with Crippen LogP contribution in [-0.2, 0) is 75.9 Å². The number of esters is 2. The lowest BCUT2D eigenvalue weighted by molar-refractivity contribution is -0.356. The smallest absolute Gasteiger partial charge is 0.340 e. The van der Waals surface area contributed by atoms with Crippen LogP contribution in [0.1, 0.15) is 137 Å². The number of aliphatic hydroxyl groups excluding tert-OH is 2. The van der Waals surface area contributed by atoms with Crippen molar-refractivity contribution in [3.8, 4) is 0 Å². The van der Waals surface area contributed by atoms with Crippen LogP contribution in [0.25, 0.3) is 0 Å². The van der Waals surface area contributed by atoms with Crippen LogP contribution in [0.15, 0.2) is 35.9 Å². The van der Waals surface area contributed by atoms with Crippen molar-refractivity contribution in [2.24, 2.45) is 16.7 Å². The van der Waals surface area contributed by atoms with Gasteiger partial charge >= 0.3 is 11.9 Å². The standard InChI is InChI=1S/C60H91NO22/c1-29-48(64)53(73-13)49(65)55(77-29)83-52-32(4)76-47(27-42(52)72-12)82-51-31(3)75-46(26-41(51)71-11)81-50-30(2)74-45(25-40(50)70-10)80-37-19-20-56(8)36(24-37)18-21-59(68)43(56)28-44(79-35(7)63)57(9)58(67,22-23-60(57,59)69)33(5)78-54(66)38-16-14-15-17-39(38)61-34(6)62/h14-18,29-33,37,40-53,55,64-65,67-69H,19-28H2,1-13H3,(H,61,62)/t29-,30-,31-,32-,33+,37+,40+,41+,42-,43-,44-,45?,46?,47+,48-,49-,50-,51-,52-,53-,55+,56+,57-,58-,59+,60-/m1/s1. The Hall–Kier alpha value is -3.31. The van der Waals surface area contributed by atoms with E-state index in [0.29, 0.717) is 32.1 Å². The number of aliphatic hydroxyl groups is 5. The van der Waals surface area contributed by atoms with Gasteiger partial charge in [-0.2, -0.15) is 0 Å². The van der Waals surface area contributed by atoms with Crippen molar-refractivity contribution in [2.75, 3.05) is 33.8 Å². The SMILES string of the molecule is CO[C@H]1[C@@H](O)[C@H](O[C@@H]2[C@@H](C)O[C@@H](O[C@H]3[C@@H](OC)CC(O[C@H]4[C@@H](OC)CC(O[C@H]5CC[C@@]6(C)C(=CC[C@]7(O)[C@@H]6C[C@@H](OC(C)=O)[C@@]6(C)[C@]7(O)CC[C@@]6(O)[C@H](C)OC(=O)c6ccccc6NC(C)=O)C5)O[C@@H]4C)O[C@@H]3C)C[C@H]2OC)O[C@H](C)[C@H]1O. The van der Waals surface area contributed by atoms with Crippen LogP contribution in [0.4, 0.5) is 5.69 Å². The van der Waals surface area contributed by atoms with Gasteiger partial charge in [-0.1, -0.05) is 37.6 Å². The number of ether oxygens (including phenoxy) is 14. The molecule has 7 fully saturated rings. The van der Waals surface area contributed by atoms with Gasteiger partial charge in [0.1, 0.15) is 65.6 Å². The summed E-state index contributed by atoms with van der Waals surface area (Å²) >= 11 is 0. The van der Waals surface area contributed by atoms with Gasteiger partial charge in [0.25, 0.3) is 0 Å². The van der Waals surface area contributed by atoms with Gasteiger partial charge in [-0.25, -0.2) is 4.79 Å². The third-order valence-corrected chi connectivity index (χ3v) is 20.4. The van der Waals surface area contributed by atoms with E-state index in [4.69, 9.17) is 66.3 Å². The molecule has 26 atom stereocenters. The van der Waals surface area contributed by atoms with Crippen LogP contribution in [0.5, 0.6) is 0 Å². The van der Waals surface area contributed by atoms with Gasteiger partial charge in [-0.3, -0.25) is 9.59 Å². The fourth-order valence-electron chi connectivity index (χ4n) is 15.7. The molecule has 8 aliphatic rings. The summed E-state index contributed by atoms with van der Waals surface area (Å²) in [7, 11) is 6.22. The van der Waals surface area contributed by atoms with Gasteiger partial charge in [-0.15, -0.1) is 0 Å². The van der Waals surface area contributed by atoms with E-state index in [1.807, 2.05) is 26.8 Å². The molecule has 4 heterocycles. The van der Waals surface area contributed by atoms with Crippen molar-refractivity contribution < 1.29 is 106 Å². The Kier molecular flexibility index (Phi) is 19.4. The lowest BCUT2D eigenvalue weighted by Gasteiger charge is -2.67. The zero-order valence-electron chi connectivity index (χ0n) is 50.3. The highest BCUT2D eigenvalue weighted by atomic mass is 16.8. The topological polar surface area (TPSA) is 294 Å². The van der Waals surface area contributed by atoms with Gasteiger partial charge in [0.05, 0.1) is 65.5 Å². The molecule has 4 aliphatic carbocycles. The molecule has 0 bridgehead atoms. The summed E-state index contributed by atoms with van der Waals surface area (Å²) in [5.74, 6) is -2.43. The summed E-state index contributed by atoms with van der Waals surface area (Å²) in [5, 5.41) is 63.4. The van der Waals surface area contributed by atoms with Crippen LogP contribution in [0, 0.1) is 16.7 Å². The number of nitrogens with one attached hydrogen (secondary N) is 1. The maximum absolute atomic E-state index is 13.8. The zero-order chi connectivity index (χ0) is 60.3. The molecule has 468 valence electrons. The number of para-hydroxylation sites is 1. The zero-order valence-corrected chi connectivity index (χ0v) is 50.3. The Bertz CT molecular complexity index is 2490. The maximum Gasteiger partial charge on any atom is 0.340 e. The Morgan fingerprint density at radius 2 is 1.23 bits per heavy atom. The molecule has 4 saturated heterocycles. The Morgan fingerprint density at radius 3 is 1.77 bits per heavy atom. The van der Waals surface area contributed by atoms with Crippen LogP contribution >= 0.6 is 0 Å². The molecule has 3 saturated carbocycles. The van der Waals surface area contributed by atoms with Crippen molar-refractivity contribution in [1.29, 1.82) is 0 Å². The highest BCUT2D eigenvalue weighted by Crippen LogP contribution is 2.71. The highest BCUT2D eigenvalue weighted by molar-refractivity contribution is 6.00. The number of hydrogen-bond donors (Lipinski definition) is 6. The molecule has 6 N–H and O–H groups in total. The first kappa shape index (κ1) is 64.2. The Balaban J connectivity index is 0.813. The van der Waals surface area contributed by atoms with E-state index in [9.17, 15) is 39.9 Å². The van der Waals surface area contributed by atoms with Crippen molar-refractivity contribution in [3.63, 3.8) is 0 Å². The number of carbonyl (C=O) groups excluding carboxylic acids is 3. The molecular formula is C60H91NO22. The van der Waals surface area contributed by atoms with Crippen LogP contribution in [0.3, 0.4) is 0 Å². The van der Waals surface area contributed by atoms with Crippen molar-refractivity contribution in [3.05, 3.63) is 41.5 Å². The second-order valence-corrected chi connectivity index (χ2v) is 25.0. The molecule has 23 nitrogen and oxygen atoms in total. The van der Waals surface area contributed by atoms with Gasteiger partial charge in [-0.05, 0) is 97.1 Å². The second-order valence-electron chi connectivity index (χ2n) is 25.0. The molecule has 1 aromatic carbocycles. The summed E-state index contributed by atoms with van der Waals surface area (Å²) in [6, 6.07) is 6.35. The van der Waals surface area contributed by atoms with E-state index < -0.39 is 162 Å². The largest absolute Gasteiger partial charge is 0.462 e. The van der Waals surface area contributed by atoms with E-state index >= 15 is 0 Å². The molecule has 4 aliphatic heterocycles. The first-order chi connectivity index (χ1) is 39.2. The van der Waals surface area contributed by atoms with Gasteiger partial charge in [0.15, 0.2) is 25.2 Å². The molecule has 9 rings (SSSR count). The van der Waals surface area contributed by atoms with E-state index in [0.717, 1.165) is 5.57 Å². The number of rotatable bonds is 17. The van der Waals surface area contributed by atoms with Crippen LogP contribution in [0.2, 0.25) is 0 Å². The minimum absolute atomic E-state index is 0.0486. The maximum atomic E-state index is 13.8. The monoisotopic (exact) mass is 1180 g/mol. The predicted octanol–water partition coefficient (Wildman–Crippen LogP) is 4.13. The molecule has 83 heavy (non-hydrogen) atoms. The molecule has 2 unspecified atom stereocenters. The quantitative estimate of drug-likeness (QED) is 0.0944. The van der Waals surface area contributed by atoms with E-state index in [-0.39, 0.29) is 55.4 Å². The highest BCUT2D eigenvalue weighted by Gasteiger charge is 2.81. The van der Waals surface area contributed by atoms with Crippen LogP contribution < -0.4 is 5.32 Å². The predicted molar refractivity (Wildman–Crippen MR) is 292 cm³/mol. The number of benzene rings is 1. The molecule has 0 aromatic heterocycles. The van der Waals surface area contributed by atoms with Crippen molar-refractivity contribution >= 4 is 23.5 Å². The Morgan fingerprint density at radius 1 is 0.675 bits per heavy atom. The van der Waals surface area contributed by atoms with Gasteiger partial charge in [0, 0.05) is 67.5 Å². The molecule has 0 radical (unpaired) electrons. The van der Waals surface area contributed by atoms with Gasteiger partial charge < -0.3 is 97.2 Å². The fraction of sp³-hybridized carbons (Fsp3) is 0.817. The third kappa shape index (κ3) is 11.6. The lowest BCUT2D eigenvalue weighted by atomic mass is 9.42. The van der Waals surface area contributed by atoms with E-state index in [1.165, 1.54) is 33.9 Å². The van der Waals surface area contributed by atoms with Crippen LogP contribution in [-0.4, -0.2) is 211 Å². The second kappa shape index (κ2) is 25.1. The summed E-state index contributed by atoms with van der Waals surface area (Å²) in [5.41, 5.74) is -6.82. The fourth-order valence-corrected chi connectivity index (χ4v) is 15.7. The number of fused-ring (bicyclic) bond motifs is 5. The summed E-state index contributed by atoms with van der Waals surface area (Å²) < 4.78 is 86.9. The van der Waals surface area contributed by atoms with E-state index in [1.54, 1.807) is 53.4 Å².